The van der Waals surface area contributed by atoms with Crippen LogP contribution in [-0.2, 0) is 7.05 Å². The van der Waals surface area contributed by atoms with E-state index in [1.807, 2.05) is 0 Å². The van der Waals surface area contributed by atoms with Crippen LogP contribution in [0.1, 0.15) is 56.2 Å². The number of benzene rings is 7. The number of hydrogen-bond donors (Lipinski definition) is 0. The normalized spacial score (nSPS) is 11.9. The lowest BCUT2D eigenvalue weighted by Crippen LogP contribution is -2.30. The molecule has 0 amide bonds. The van der Waals surface area contributed by atoms with Gasteiger partial charge in [-0.25, -0.2) is 4.57 Å². The third kappa shape index (κ3) is 5.54. The Kier molecular flexibility index (Phi) is 8.31. The second kappa shape index (κ2) is 13.3. The Balaban J connectivity index is 1.30. The number of fused-ring (bicyclic) bond motifs is 4. The van der Waals surface area contributed by atoms with Gasteiger partial charge in [-0.1, -0.05) is 143 Å². The molecule has 0 radical (unpaired) electrons. The monoisotopic (exact) mass is 701 g/mol. The molecular weight excluding hydrogens is 657 g/mol. The van der Waals surface area contributed by atoms with Crippen molar-refractivity contribution in [2.45, 2.75) is 46.5 Å². The number of aromatic nitrogens is 2. The first-order valence-electron chi connectivity index (χ1n) is 19.1. The fourth-order valence-electron chi connectivity index (χ4n) is 8.32. The quantitative estimate of drug-likeness (QED) is 0.152. The van der Waals surface area contributed by atoms with Crippen LogP contribution in [-0.4, -0.2) is 4.57 Å². The molecule has 2 heterocycles. The molecule has 0 fully saturated rings. The molecular formula is C51H45N2O+. The van der Waals surface area contributed by atoms with Gasteiger partial charge >= 0.3 is 0 Å². The van der Waals surface area contributed by atoms with Gasteiger partial charge in [0.15, 0.2) is 16.6 Å². The molecule has 2 aromatic heterocycles. The summed E-state index contributed by atoms with van der Waals surface area (Å²) in [5.41, 5.74) is 17.7. The van der Waals surface area contributed by atoms with Crippen LogP contribution in [0.5, 0.6) is 0 Å². The van der Waals surface area contributed by atoms with E-state index in [9.17, 15) is 0 Å². The predicted octanol–water partition coefficient (Wildman–Crippen LogP) is 13.6. The Bertz CT molecular complexity index is 2790. The topological polar surface area (TPSA) is 21.9 Å². The smallest absolute Gasteiger partial charge is 0.299 e. The van der Waals surface area contributed by atoms with E-state index in [0.29, 0.717) is 0 Å². The van der Waals surface area contributed by atoms with E-state index in [4.69, 9.17) is 4.42 Å². The van der Waals surface area contributed by atoms with Gasteiger partial charge in [-0.3, -0.25) is 0 Å². The minimum Gasteiger partial charge on any atom is -0.455 e. The zero-order valence-electron chi connectivity index (χ0n) is 31.9. The lowest BCUT2D eigenvalue weighted by atomic mass is 9.87. The first-order valence-corrected chi connectivity index (χ1v) is 19.1. The average molecular weight is 702 g/mol. The molecule has 3 nitrogen and oxygen atoms in total. The maximum Gasteiger partial charge on any atom is 0.299 e. The van der Waals surface area contributed by atoms with Crippen LogP contribution in [0.15, 0.2) is 156 Å². The van der Waals surface area contributed by atoms with Crippen molar-refractivity contribution in [2.24, 2.45) is 7.05 Å². The molecule has 0 saturated heterocycles. The first-order chi connectivity index (χ1) is 26.3. The lowest BCUT2D eigenvalue weighted by molar-refractivity contribution is -0.633. The molecule has 9 rings (SSSR count). The Morgan fingerprint density at radius 1 is 0.519 bits per heavy atom. The van der Waals surface area contributed by atoms with Crippen LogP contribution in [0.25, 0.3) is 83.4 Å². The van der Waals surface area contributed by atoms with Crippen LogP contribution < -0.4 is 4.57 Å². The summed E-state index contributed by atoms with van der Waals surface area (Å²) in [6.45, 7) is 11.5. The van der Waals surface area contributed by atoms with E-state index in [1.165, 1.54) is 66.8 Å². The van der Waals surface area contributed by atoms with Crippen molar-refractivity contribution in [3.63, 3.8) is 0 Å². The fraction of sp³-hybridized carbons (Fsp3) is 0.157. The molecule has 0 N–H and O–H groups in total. The Morgan fingerprint density at radius 3 is 1.69 bits per heavy atom. The summed E-state index contributed by atoms with van der Waals surface area (Å²) in [5.74, 6) is 1.67. The lowest BCUT2D eigenvalue weighted by Gasteiger charge is -2.21. The summed E-state index contributed by atoms with van der Waals surface area (Å²) in [6, 6.07) is 55.0. The molecule has 7 aromatic carbocycles. The summed E-state index contributed by atoms with van der Waals surface area (Å²) >= 11 is 0. The van der Waals surface area contributed by atoms with Crippen LogP contribution >= 0.6 is 0 Å². The molecule has 0 unspecified atom stereocenters. The maximum absolute atomic E-state index is 6.90. The van der Waals surface area contributed by atoms with E-state index in [1.54, 1.807) is 0 Å². The first kappa shape index (κ1) is 33.6. The van der Waals surface area contributed by atoms with Gasteiger partial charge in [0, 0.05) is 21.9 Å². The summed E-state index contributed by atoms with van der Waals surface area (Å²) in [4.78, 5) is 0. The number of imidazole rings is 1. The average Bonchev–Trinajstić information content (AvgIpc) is 3.72. The van der Waals surface area contributed by atoms with Gasteiger partial charge in [0.1, 0.15) is 16.8 Å². The summed E-state index contributed by atoms with van der Waals surface area (Å²) in [5, 5.41) is 2.26. The zero-order chi connectivity index (χ0) is 37.1. The van der Waals surface area contributed by atoms with E-state index in [2.05, 4.69) is 202 Å². The van der Waals surface area contributed by atoms with Crippen molar-refractivity contribution in [3.05, 3.63) is 168 Å². The molecule has 0 atom stereocenters. The molecule has 0 spiro atoms. The minimum absolute atomic E-state index is 0.278. The highest BCUT2D eigenvalue weighted by molar-refractivity contribution is 6.11. The Morgan fingerprint density at radius 2 is 1.06 bits per heavy atom. The number of aryl methyl sites for hydroxylation is 2. The number of nitrogens with zero attached hydrogens (tertiary/aromatic N) is 2. The molecule has 3 heteroatoms. The van der Waals surface area contributed by atoms with Gasteiger partial charge in [0.25, 0.3) is 5.82 Å². The van der Waals surface area contributed by atoms with Crippen molar-refractivity contribution in [1.82, 2.24) is 4.57 Å². The predicted molar refractivity (Wildman–Crippen MR) is 226 cm³/mol. The van der Waals surface area contributed by atoms with E-state index >= 15 is 0 Å². The van der Waals surface area contributed by atoms with Gasteiger partial charge in [-0.2, -0.15) is 4.57 Å². The summed E-state index contributed by atoms with van der Waals surface area (Å²) in [7, 11) is 2.20. The minimum atomic E-state index is 0.278. The number of rotatable bonds is 7. The molecule has 0 aliphatic rings. The van der Waals surface area contributed by atoms with Crippen LogP contribution in [0.3, 0.4) is 0 Å². The molecule has 54 heavy (non-hydrogen) atoms. The highest BCUT2D eigenvalue weighted by Gasteiger charge is 2.34. The van der Waals surface area contributed by atoms with Crippen molar-refractivity contribution in [3.8, 4) is 50.5 Å². The van der Waals surface area contributed by atoms with Crippen LogP contribution in [0, 0.1) is 6.92 Å². The van der Waals surface area contributed by atoms with Crippen molar-refractivity contribution in [1.29, 1.82) is 0 Å². The van der Waals surface area contributed by atoms with Crippen LogP contribution in [0.2, 0.25) is 0 Å². The van der Waals surface area contributed by atoms with Gasteiger partial charge in [-0.05, 0) is 94.1 Å². The zero-order valence-corrected chi connectivity index (χ0v) is 31.9. The summed E-state index contributed by atoms with van der Waals surface area (Å²) < 4.78 is 11.8. The van der Waals surface area contributed by atoms with Crippen molar-refractivity contribution < 1.29 is 8.98 Å². The highest BCUT2D eigenvalue weighted by Crippen LogP contribution is 2.43. The van der Waals surface area contributed by atoms with Gasteiger partial charge < -0.3 is 4.42 Å². The largest absolute Gasteiger partial charge is 0.455 e. The third-order valence-corrected chi connectivity index (χ3v) is 11.2. The highest BCUT2D eigenvalue weighted by atomic mass is 16.3. The molecule has 0 aliphatic heterocycles. The molecule has 9 aromatic rings. The van der Waals surface area contributed by atoms with Gasteiger partial charge in [0.05, 0.1) is 7.05 Å². The molecule has 0 bridgehead atoms. The molecule has 0 saturated carbocycles. The van der Waals surface area contributed by atoms with Crippen molar-refractivity contribution in [2.75, 3.05) is 0 Å². The van der Waals surface area contributed by atoms with Gasteiger partial charge in [-0.15, -0.1) is 0 Å². The molecule has 264 valence electrons. The van der Waals surface area contributed by atoms with E-state index in [-0.39, 0.29) is 11.8 Å². The Hall–Kier alpha value is -6.19. The molecule has 0 aliphatic carbocycles. The Labute approximate surface area is 317 Å². The van der Waals surface area contributed by atoms with Gasteiger partial charge in [0.2, 0.25) is 0 Å². The number of furan rings is 1. The second-order valence-corrected chi connectivity index (χ2v) is 15.3. The van der Waals surface area contributed by atoms with E-state index in [0.717, 1.165) is 33.3 Å². The fourth-order valence-corrected chi connectivity index (χ4v) is 8.32. The standard InChI is InChI=1S/C51H45N2O/c1-32(2)42-30-40(38-24-22-37(23-25-38)35-15-9-7-10-16-35)31-43(33(3)4)49(42)53-46-20-14-13-19-45(46)52(6)51(53)48-34(5)21-27-41-44-29-39(36-17-11-8-12-18-36)26-28-47(44)54-50(41)48/h7-33H,1-6H3/q+1. The number of hydrogen-bond acceptors (Lipinski definition) is 1. The number of para-hydroxylation sites is 2. The van der Waals surface area contributed by atoms with Crippen LogP contribution in [0.4, 0.5) is 0 Å². The van der Waals surface area contributed by atoms with Crippen molar-refractivity contribution >= 4 is 33.0 Å². The second-order valence-electron chi connectivity index (χ2n) is 15.3. The summed E-state index contributed by atoms with van der Waals surface area (Å²) in [6.07, 6.45) is 0. The van der Waals surface area contributed by atoms with E-state index < -0.39 is 0 Å². The third-order valence-electron chi connectivity index (χ3n) is 11.2. The SMILES string of the molecule is Cc1ccc2c(oc3ccc(-c4ccccc4)cc32)c1-c1n(-c2c(C(C)C)cc(-c3ccc(-c4ccccc4)cc3)cc2C(C)C)c2ccccc2[n+]1C. The maximum atomic E-state index is 6.90.